The third kappa shape index (κ3) is 3.14. The molecule has 2 aromatic rings. The molecule has 1 aromatic heterocycles. The van der Waals surface area contributed by atoms with Gasteiger partial charge in [-0.25, -0.2) is 4.68 Å². The molecule has 0 fully saturated rings. The lowest BCUT2D eigenvalue weighted by atomic mass is 9.90. The van der Waals surface area contributed by atoms with Gasteiger partial charge in [-0.1, -0.05) is 55.3 Å². The smallest absolute Gasteiger partial charge is 0.112 e. The third-order valence-electron chi connectivity index (χ3n) is 2.98. The molecular weight excluding hydrogens is 297 g/mol. The Bertz CT molecular complexity index is 617. The predicted molar refractivity (Wildman–Crippen MR) is 80.2 cm³/mol. The van der Waals surface area contributed by atoms with Crippen molar-refractivity contribution in [2.75, 3.05) is 0 Å². The number of benzene rings is 1. The van der Waals surface area contributed by atoms with Crippen molar-refractivity contribution in [3.05, 3.63) is 45.2 Å². The van der Waals surface area contributed by atoms with Crippen molar-refractivity contribution in [2.45, 2.75) is 39.3 Å². The number of rotatable bonds is 3. The summed E-state index contributed by atoms with van der Waals surface area (Å²) in [5.74, 6) is 0. The molecule has 2 rings (SSSR count). The first kappa shape index (κ1) is 15.3. The minimum Gasteiger partial charge on any atom is -0.390 e. The number of nitrogens with zero attached hydrogens (tertiary/aromatic N) is 3. The van der Waals surface area contributed by atoms with Gasteiger partial charge in [0.1, 0.15) is 5.69 Å². The molecule has 0 atom stereocenters. The molecule has 0 aliphatic heterocycles. The average molecular weight is 314 g/mol. The Morgan fingerprint density at radius 1 is 1.20 bits per heavy atom. The van der Waals surface area contributed by atoms with Crippen LogP contribution in [0.1, 0.15) is 37.7 Å². The van der Waals surface area contributed by atoms with Crippen LogP contribution in [0.5, 0.6) is 0 Å². The fourth-order valence-electron chi connectivity index (χ4n) is 2.20. The SMILES string of the molecule is CC(C)(C)c1c(CO)nnn1Cc1ccc(Cl)c(Cl)c1. The number of halogens is 2. The van der Waals surface area contributed by atoms with Gasteiger partial charge in [-0.2, -0.15) is 0 Å². The lowest BCUT2D eigenvalue weighted by molar-refractivity contribution is 0.273. The predicted octanol–water partition coefficient (Wildman–Crippen LogP) is 3.42. The van der Waals surface area contributed by atoms with E-state index in [0.29, 0.717) is 22.3 Å². The summed E-state index contributed by atoms with van der Waals surface area (Å²) in [6.45, 7) is 6.62. The van der Waals surface area contributed by atoms with Crippen molar-refractivity contribution in [3.63, 3.8) is 0 Å². The lowest BCUT2D eigenvalue weighted by Gasteiger charge is -2.21. The van der Waals surface area contributed by atoms with Gasteiger partial charge in [0.25, 0.3) is 0 Å². The highest BCUT2D eigenvalue weighted by Crippen LogP contribution is 2.27. The van der Waals surface area contributed by atoms with Crippen molar-refractivity contribution in [1.82, 2.24) is 15.0 Å². The molecule has 6 heteroatoms. The molecule has 0 saturated heterocycles. The van der Waals surface area contributed by atoms with Gasteiger partial charge in [0.15, 0.2) is 0 Å². The fourth-order valence-corrected chi connectivity index (χ4v) is 2.52. The Morgan fingerprint density at radius 3 is 2.45 bits per heavy atom. The van der Waals surface area contributed by atoms with E-state index in [1.807, 2.05) is 12.1 Å². The van der Waals surface area contributed by atoms with E-state index < -0.39 is 0 Å². The van der Waals surface area contributed by atoms with Crippen LogP contribution in [0.3, 0.4) is 0 Å². The van der Waals surface area contributed by atoms with Crippen LogP contribution in [-0.2, 0) is 18.6 Å². The normalized spacial score (nSPS) is 11.9. The van der Waals surface area contributed by atoms with Gasteiger partial charge >= 0.3 is 0 Å². The van der Waals surface area contributed by atoms with Gasteiger partial charge in [0.05, 0.1) is 28.9 Å². The summed E-state index contributed by atoms with van der Waals surface area (Å²) in [6, 6.07) is 5.48. The highest BCUT2D eigenvalue weighted by Gasteiger charge is 2.24. The van der Waals surface area contributed by atoms with Gasteiger partial charge in [-0.15, -0.1) is 5.10 Å². The number of hydrogen-bond acceptors (Lipinski definition) is 3. The summed E-state index contributed by atoms with van der Waals surface area (Å²) in [7, 11) is 0. The first-order valence-electron chi connectivity index (χ1n) is 6.30. The topological polar surface area (TPSA) is 50.9 Å². The molecule has 4 nitrogen and oxygen atoms in total. The second-order valence-corrected chi connectivity index (χ2v) is 6.51. The maximum absolute atomic E-state index is 9.39. The van der Waals surface area contributed by atoms with Crippen LogP contribution in [0, 0.1) is 0 Å². The molecule has 0 radical (unpaired) electrons. The maximum atomic E-state index is 9.39. The molecule has 1 aromatic carbocycles. The Labute approximate surface area is 128 Å². The molecule has 0 bridgehead atoms. The monoisotopic (exact) mass is 313 g/mol. The summed E-state index contributed by atoms with van der Waals surface area (Å²) >= 11 is 11.9. The highest BCUT2D eigenvalue weighted by atomic mass is 35.5. The Balaban J connectivity index is 2.38. The molecule has 0 aliphatic rings. The number of aliphatic hydroxyl groups excluding tert-OH is 1. The first-order valence-corrected chi connectivity index (χ1v) is 7.06. The van der Waals surface area contributed by atoms with Crippen LogP contribution in [0.2, 0.25) is 10.0 Å². The van der Waals surface area contributed by atoms with Crippen molar-refractivity contribution in [2.24, 2.45) is 0 Å². The molecule has 0 aliphatic carbocycles. The zero-order valence-corrected chi connectivity index (χ0v) is 13.2. The second-order valence-electron chi connectivity index (χ2n) is 5.70. The molecule has 0 unspecified atom stereocenters. The number of aromatic nitrogens is 3. The largest absolute Gasteiger partial charge is 0.390 e. The average Bonchev–Trinajstić information content (AvgIpc) is 2.76. The van der Waals surface area contributed by atoms with Crippen LogP contribution < -0.4 is 0 Å². The standard InChI is InChI=1S/C14H17Cl2N3O/c1-14(2,3)13-12(8-20)17-18-19(13)7-9-4-5-10(15)11(16)6-9/h4-6,20H,7-8H2,1-3H3. The molecule has 1 N–H and O–H groups in total. The quantitative estimate of drug-likeness (QED) is 0.944. The number of aliphatic hydroxyl groups is 1. The van der Waals surface area contributed by atoms with Crippen LogP contribution in [-0.4, -0.2) is 20.1 Å². The van der Waals surface area contributed by atoms with Gasteiger partial charge in [-0.3, -0.25) is 0 Å². The van der Waals surface area contributed by atoms with Crippen molar-refractivity contribution < 1.29 is 5.11 Å². The minimum atomic E-state index is -0.155. The maximum Gasteiger partial charge on any atom is 0.112 e. The molecule has 1 heterocycles. The molecule has 0 spiro atoms. The van der Waals surface area contributed by atoms with Crippen LogP contribution in [0.4, 0.5) is 0 Å². The van der Waals surface area contributed by atoms with Crippen LogP contribution in [0.15, 0.2) is 18.2 Å². The van der Waals surface area contributed by atoms with Crippen LogP contribution in [0.25, 0.3) is 0 Å². The van der Waals surface area contributed by atoms with Crippen molar-refractivity contribution in [1.29, 1.82) is 0 Å². The van der Waals surface area contributed by atoms with Gasteiger partial charge in [-0.05, 0) is 17.7 Å². The summed E-state index contributed by atoms with van der Waals surface area (Å²) in [5.41, 5.74) is 2.36. The van der Waals surface area contributed by atoms with E-state index >= 15 is 0 Å². The van der Waals surface area contributed by atoms with Gasteiger partial charge in [0, 0.05) is 5.41 Å². The van der Waals surface area contributed by atoms with Crippen LogP contribution >= 0.6 is 23.2 Å². The molecule has 0 saturated carbocycles. The van der Waals surface area contributed by atoms with E-state index in [1.54, 1.807) is 10.7 Å². The zero-order chi connectivity index (χ0) is 14.9. The van der Waals surface area contributed by atoms with E-state index in [1.165, 1.54) is 0 Å². The molecule has 0 amide bonds. The second kappa shape index (κ2) is 5.72. The highest BCUT2D eigenvalue weighted by molar-refractivity contribution is 6.42. The molecule has 20 heavy (non-hydrogen) atoms. The fraction of sp³-hybridized carbons (Fsp3) is 0.429. The summed E-state index contributed by atoms with van der Waals surface area (Å²) in [6.07, 6.45) is 0. The summed E-state index contributed by atoms with van der Waals surface area (Å²) < 4.78 is 1.80. The van der Waals surface area contributed by atoms with Gasteiger partial charge < -0.3 is 5.11 Å². The van der Waals surface area contributed by atoms with Crippen molar-refractivity contribution >= 4 is 23.2 Å². The van der Waals surface area contributed by atoms with E-state index in [2.05, 4.69) is 31.1 Å². The van der Waals surface area contributed by atoms with Crippen molar-refractivity contribution in [3.8, 4) is 0 Å². The van der Waals surface area contributed by atoms with E-state index in [0.717, 1.165) is 11.3 Å². The molecule has 108 valence electrons. The molecular formula is C14H17Cl2N3O. The van der Waals surface area contributed by atoms with E-state index in [9.17, 15) is 5.11 Å². The number of hydrogen-bond donors (Lipinski definition) is 1. The zero-order valence-electron chi connectivity index (χ0n) is 11.7. The Hall–Kier alpha value is -1.10. The minimum absolute atomic E-state index is 0.117. The Morgan fingerprint density at radius 2 is 1.90 bits per heavy atom. The Kier molecular flexibility index (Phi) is 4.37. The van der Waals surface area contributed by atoms with E-state index in [4.69, 9.17) is 23.2 Å². The first-order chi connectivity index (χ1) is 9.32. The lowest BCUT2D eigenvalue weighted by Crippen LogP contribution is -2.21. The summed E-state index contributed by atoms with van der Waals surface area (Å²) in [4.78, 5) is 0. The van der Waals surface area contributed by atoms with E-state index in [-0.39, 0.29) is 12.0 Å². The third-order valence-corrected chi connectivity index (χ3v) is 3.72. The van der Waals surface area contributed by atoms with Gasteiger partial charge in [0.2, 0.25) is 0 Å². The summed E-state index contributed by atoms with van der Waals surface area (Å²) in [5, 5.41) is 18.6.